The molecule has 0 saturated carbocycles. The van der Waals surface area contributed by atoms with Gasteiger partial charge in [-0.15, -0.1) is 0 Å². The maximum atomic E-state index is 13.5. The van der Waals surface area contributed by atoms with E-state index >= 15 is 0 Å². The van der Waals surface area contributed by atoms with E-state index in [1.54, 1.807) is 11.5 Å². The number of thiazole rings is 1. The van der Waals surface area contributed by atoms with Crippen molar-refractivity contribution < 1.29 is 9.53 Å². The minimum Gasteiger partial charge on any atom is -0.466 e. The summed E-state index contributed by atoms with van der Waals surface area (Å²) < 4.78 is 7.22. The summed E-state index contributed by atoms with van der Waals surface area (Å²) in [5, 5.41) is 0. The highest BCUT2D eigenvalue weighted by Gasteiger charge is 2.32. The van der Waals surface area contributed by atoms with Crippen LogP contribution >= 0.6 is 11.3 Å². The van der Waals surface area contributed by atoms with Crippen LogP contribution in [0.2, 0.25) is 0 Å². The number of carbonyl (C=O) groups excluding carboxylic acids is 1. The lowest BCUT2D eigenvalue weighted by atomic mass is 9.96. The van der Waals surface area contributed by atoms with Crippen LogP contribution in [0.15, 0.2) is 75.7 Å². The lowest BCUT2D eigenvalue weighted by Gasteiger charge is -2.24. The van der Waals surface area contributed by atoms with Crippen molar-refractivity contribution in [1.29, 1.82) is 0 Å². The zero-order valence-electron chi connectivity index (χ0n) is 19.2. The van der Waals surface area contributed by atoms with E-state index < -0.39 is 12.0 Å². The number of fused-ring (bicyclic) bond motifs is 1. The van der Waals surface area contributed by atoms with Gasteiger partial charge in [-0.25, -0.2) is 9.79 Å². The summed E-state index contributed by atoms with van der Waals surface area (Å²) in [6.07, 6.45) is 1.88. The van der Waals surface area contributed by atoms with Gasteiger partial charge in [-0.3, -0.25) is 9.36 Å². The summed E-state index contributed by atoms with van der Waals surface area (Å²) in [5.41, 5.74) is 3.70. The first kappa shape index (κ1) is 22.7. The largest absolute Gasteiger partial charge is 0.466 e. The van der Waals surface area contributed by atoms with Crippen LogP contribution < -0.4 is 19.8 Å². The van der Waals surface area contributed by atoms with Crippen molar-refractivity contribution in [2.45, 2.75) is 26.8 Å². The number of hydrogen-bond acceptors (Lipinski definition) is 6. The number of anilines is 1. The number of aromatic nitrogens is 1. The van der Waals surface area contributed by atoms with Crippen LogP contribution in [0, 0.1) is 0 Å². The molecule has 0 bridgehead atoms. The van der Waals surface area contributed by atoms with Crippen molar-refractivity contribution in [2.24, 2.45) is 4.99 Å². The third-order valence-electron chi connectivity index (χ3n) is 5.86. The second kappa shape index (κ2) is 9.58. The first-order valence-electron chi connectivity index (χ1n) is 11.0. The number of benzene rings is 2. The quantitative estimate of drug-likeness (QED) is 0.529. The molecular formula is C26H27N3O3S. The molecule has 2 heterocycles. The minimum absolute atomic E-state index is 0.172. The molecule has 0 saturated heterocycles. The Morgan fingerprint density at radius 1 is 1.12 bits per heavy atom. The number of carbonyl (C=O) groups is 1. The van der Waals surface area contributed by atoms with Crippen LogP contribution in [0.1, 0.15) is 37.9 Å². The van der Waals surface area contributed by atoms with Crippen molar-refractivity contribution in [3.05, 3.63) is 96.7 Å². The molecule has 6 nitrogen and oxygen atoms in total. The molecule has 0 radical (unpaired) electrons. The molecule has 1 aliphatic heterocycles. The van der Waals surface area contributed by atoms with Crippen LogP contribution in [-0.4, -0.2) is 30.7 Å². The van der Waals surface area contributed by atoms with Gasteiger partial charge in [0.2, 0.25) is 0 Å². The van der Waals surface area contributed by atoms with E-state index in [1.165, 1.54) is 18.4 Å². The smallest absolute Gasteiger partial charge is 0.338 e. The van der Waals surface area contributed by atoms with Gasteiger partial charge >= 0.3 is 5.97 Å². The lowest BCUT2D eigenvalue weighted by molar-refractivity contribution is -0.136. The summed E-state index contributed by atoms with van der Waals surface area (Å²) >= 11 is 1.33. The lowest BCUT2D eigenvalue weighted by Crippen LogP contribution is -2.39. The molecule has 3 aromatic rings. The number of hydrogen-bond donors (Lipinski definition) is 0. The van der Waals surface area contributed by atoms with Crippen molar-refractivity contribution in [3.8, 4) is 0 Å². The fraction of sp³-hybridized carbons (Fsp3) is 0.269. The molecule has 0 amide bonds. The third kappa shape index (κ3) is 4.28. The molecule has 0 aliphatic carbocycles. The average molecular weight is 462 g/mol. The van der Waals surface area contributed by atoms with Gasteiger partial charge in [0.1, 0.15) is 0 Å². The highest BCUT2D eigenvalue weighted by molar-refractivity contribution is 7.07. The Labute approximate surface area is 196 Å². The minimum atomic E-state index is -0.581. The van der Waals surface area contributed by atoms with E-state index in [1.807, 2.05) is 48.5 Å². The van der Waals surface area contributed by atoms with Gasteiger partial charge in [-0.05, 0) is 50.1 Å². The Bertz CT molecular complexity index is 1360. The molecule has 0 spiro atoms. The van der Waals surface area contributed by atoms with Crippen LogP contribution in [0.3, 0.4) is 0 Å². The molecular weight excluding hydrogens is 434 g/mol. The Morgan fingerprint density at radius 2 is 1.79 bits per heavy atom. The van der Waals surface area contributed by atoms with Gasteiger partial charge in [0.25, 0.3) is 5.56 Å². The van der Waals surface area contributed by atoms with E-state index in [-0.39, 0.29) is 5.56 Å². The number of esters is 1. The maximum Gasteiger partial charge on any atom is 0.338 e. The van der Waals surface area contributed by atoms with Gasteiger partial charge in [0.15, 0.2) is 4.80 Å². The van der Waals surface area contributed by atoms with Gasteiger partial charge in [-0.2, -0.15) is 0 Å². The molecule has 0 N–H and O–H groups in total. The van der Waals surface area contributed by atoms with Crippen molar-refractivity contribution in [1.82, 2.24) is 4.57 Å². The molecule has 7 heteroatoms. The zero-order valence-corrected chi connectivity index (χ0v) is 20.1. The number of rotatable bonds is 6. The predicted molar refractivity (Wildman–Crippen MR) is 132 cm³/mol. The third-order valence-corrected chi connectivity index (χ3v) is 6.84. The molecule has 170 valence electrons. The van der Waals surface area contributed by atoms with E-state index in [9.17, 15) is 9.59 Å². The van der Waals surface area contributed by atoms with Gasteiger partial charge in [0, 0.05) is 18.8 Å². The second-order valence-corrected chi connectivity index (χ2v) is 8.76. The highest BCUT2D eigenvalue weighted by atomic mass is 32.1. The van der Waals surface area contributed by atoms with Crippen molar-refractivity contribution in [3.63, 3.8) is 0 Å². The Morgan fingerprint density at radius 3 is 2.39 bits per heavy atom. The van der Waals surface area contributed by atoms with Gasteiger partial charge < -0.3 is 9.64 Å². The van der Waals surface area contributed by atoms with Gasteiger partial charge in [-0.1, -0.05) is 53.8 Å². The van der Waals surface area contributed by atoms with Crippen LogP contribution in [0.4, 0.5) is 5.69 Å². The summed E-state index contributed by atoms with van der Waals surface area (Å²) in [4.78, 5) is 33.6. The number of ether oxygens (including phenoxy) is 1. The second-order valence-electron chi connectivity index (χ2n) is 7.75. The van der Waals surface area contributed by atoms with Crippen LogP contribution in [-0.2, 0) is 9.53 Å². The molecule has 1 aliphatic rings. The van der Waals surface area contributed by atoms with Crippen LogP contribution in [0.25, 0.3) is 6.08 Å². The van der Waals surface area contributed by atoms with E-state index in [4.69, 9.17) is 4.74 Å². The molecule has 1 aromatic heterocycles. The predicted octanol–water partition coefficient (Wildman–Crippen LogP) is 3.25. The first-order valence-corrected chi connectivity index (χ1v) is 11.8. The van der Waals surface area contributed by atoms with Crippen molar-refractivity contribution in [2.75, 3.05) is 25.1 Å². The molecule has 2 aromatic carbocycles. The summed E-state index contributed by atoms with van der Waals surface area (Å²) in [7, 11) is 1.34. The normalized spacial score (nSPS) is 15.8. The number of nitrogens with zero attached hydrogens (tertiary/aromatic N) is 3. The summed E-state index contributed by atoms with van der Waals surface area (Å²) in [6.45, 7) is 7.93. The topological polar surface area (TPSA) is 63.9 Å². The zero-order chi connectivity index (χ0) is 23.5. The Kier molecular flexibility index (Phi) is 6.60. The Hall–Kier alpha value is -3.45. The monoisotopic (exact) mass is 461 g/mol. The van der Waals surface area contributed by atoms with E-state index in [0.717, 1.165) is 29.9 Å². The molecule has 4 rings (SSSR count). The van der Waals surface area contributed by atoms with E-state index in [2.05, 4.69) is 35.9 Å². The summed E-state index contributed by atoms with van der Waals surface area (Å²) in [6, 6.07) is 17.1. The van der Waals surface area contributed by atoms with Gasteiger partial charge in [0.05, 0.1) is 29.0 Å². The number of allylic oxidation sites excluding steroid dienone is 1. The Balaban J connectivity index is 1.85. The summed E-state index contributed by atoms with van der Waals surface area (Å²) in [5.74, 6) is -0.480. The molecule has 1 atom stereocenters. The first-order chi connectivity index (χ1) is 16.0. The fourth-order valence-electron chi connectivity index (χ4n) is 4.16. The highest BCUT2D eigenvalue weighted by Crippen LogP contribution is 2.30. The maximum absolute atomic E-state index is 13.5. The molecule has 0 fully saturated rings. The van der Waals surface area contributed by atoms with Crippen LogP contribution in [0.5, 0.6) is 0 Å². The number of methoxy groups -OCH3 is 1. The molecule has 1 unspecified atom stereocenters. The van der Waals surface area contributed by atoms with Crippen molar-refractivity contribution >= 4 is 29.1 Å². The average Bonchev–Trinajstić information content (AvgIpc) is 3.14. The molecule has 33 heavy (non-hydrogen) atoms. The SMILES string of the molecule is CCN(CC)c1ccc(/C=c2/sc3n(c2=O)C(c2ccccc2)C(C(=O)OC)=C(C)N=3)cc1. The fourth-order valence-corrected chi connectivity index (χ4v) is 5.21. The van der Waals surface area contributed by atoms with E-state index in [0.29, 0.717) is 20.6 Å². The standard InChI is InChI=1S/C26H27N3O3S/c1-5-28(6-2)20-14-12-18(13-15-20)16-21-24(30)29-23(19-10-8-7-9-11-19)22(25(31)32-4)17(3)27-26(29)33-21/h7-16,23H,5-6H2,1-4H3/b21-16+.